The van der Waals surface area contributed by atoms with E-state index in [-0.39, 0.29) is 0 Å². The number of hydrogen-bond acceptors (Lipinski definition) is 1. The van der Waals surface area contributed by atoms with Crippen molar-refractivity contribution in [2.75, 3.05) is 13.6 Å². The maximum absolute atomic E-state index is 2.53. The molecule has 2 rings (SSSR count). The summed E-state index contributed by atoms with van der Waals surface area (Å²) < 4.78 is 0. The van der Waals surface area contributed by atoms with Gasteiger partial charge in [0.05, 0.1) is 0 Å². The second-order valence-corrected chi connectivity index (χ2v) is 5.22. The molecule has 0 aromatic carbocycles. The molecule has 1 heterocycles. The zero-order valence-electron chi connectivity index (χ0n) is 8.80. The zero-order chi connectivity index (χ0) is 8.93. The minimum Gasteiger partial charge on any atom is -0.303 e. The average Bonchev–Trinajstić information content (AvgIpc) is 2.06. The standard InChI is InChI=1S/C11H21N/c1-8-7-10-9(2)12(4)6-5-11(8,10)3/h8-10H,5-7H2,1-4H3. The SMILES string of the molecule is CC1C2CC(C)C2(C)CCN1C. The fourth-order valence-corrected chi connectivity index (χ4v) is 3.23. The smallest absolute Gasteiger partial charge is 0.00975 e. The molecule has 1 saturated carbocycles. The Hall–Kier alpha value is -0.0400. The molecule has 0 aromatic heterocycles. The summed E-state index contributed by atoms with van der Waals surface area (Å²) in [6, 6.07) is 0.819. The molecule has 12 heavy (non-hydrogen) atoms. The molecule has 0 N–H and O–H groups in total. The summed E-state index contributed by atoms with van der Waals surface area (Å²) in [5.74, 6) is 1.95. The highest BCUT2D eigenvalue weighted by Gasteiger charge is 2.53. The van der Waals surface area contributed by atoms with Crippen LogP contribution in [-0.4, -0.2) is 24.5 Å². The van der Waals surface area contributed by atoms with Gasteiger partial charge in [0.25, 0.3) is 0 Å². The van der Waals surface area contributed by atoms with Crippen LogP contribution in [0.2, 0.25) is 0 Å². The van der Waals surface area contributed by atoms with Crippen molar-refractivity contribution >= 4 is 0 Å². The van der Waals surface area contributed by atoms with Crippen LogP contribution in [0.5, 0.6) is 0 Å². The topological polar surface area (TPSA) is 3.24 Å². The maximum Gasteiger partial charge on any atom is 0.00975 e. The Morgan fingerprint density at radius 2 is 2.00 bits per heavy atom. The highest BCUT2D eigenvalue weighted by atomic mass is 15.1. The zero-order valence-corrected chi connectivity index (χ0v) is 8.80. The minimum atomic E-state index is 0.686. The third-order valence-corrected chi connectivity index (χ3v) is 4.86. The van der Waals surface area contributed by atoms with Crippen molar-refractivity contribution in [2.24, 2.45) is 17.3 Å². The van der Waals surface area contributed by atoms with E-state index in [1.54, 1.807) is 0 Å². The van der Waals surface area contributed by atoms with Gasteiger partial charge in [-0.05, 0) is 50.6 Å². The van der Waals surface area contributed by atoms with Crippen LogP contribution in [0.4, 0.5) is 0 Å². The average molecular weight is 167 g/mol. The first kappa shape index (κ1) is 8.55. The number of hydrogen-bond donors (Lipinski definition) is 0. The molecule has 0 radical (unpaired) electrons. The Kier molecular flexibility index (Phi) is 1.76. The molecule has 0 amide bonds. The van der Waals surface area contributed by atoms with Crippen LogP contribution in [0.1, 0.15) is 33.6 Å². The molecule has 70 valence electrons. The van der Waals surface area contributed by atoms with E-state index in [0.717, 1.165) is 17.9 Å². The Bertz CT molecular complexity index is 187. The summed E-state index contributed by atoms with van der Waals surface area (Å²) in [6.07, 6.45) is 2.88. The second kappa shape index (κ2) is 2.47. The molecular weight excluding hydrogens is 146 g/mol. The lowest BCUT2D eigenvalue weighted by atomic mass is 9.49. The normalized spacial score (nSPS) is 54.5. The highest BCUT2D eigenvalue weighted by Crippen LogP contribution is 2.57. The van der Waals surface area contributed by atoms with E-state index in [9.17, 15) is 0 Å². The molecule has 0 bridgehead atoms. The summed E-state index contributed by atoms with van der Waals surface area (Å²) in [5.41, 5.74) is 0.686. The predicted molar refractivity (Wildman–Crippen MR) is 52.1 cm³/mol. The predicted octanol–water partition coefficient (Wildman–Crippen LogP) is 2.37. The van der Waals surface area contributed by atoms with E-state index in [4.69, 9.17) is 0 Å². The van der Waals surface area contributed by atoms with E-state index in [1.807, 2.05) is 0 Å². The van der Waals surface area contributed by atoms with E-state index in [1.165, 1.54) is 19.4 Å². The molecule has 1 nitrogen and oxygen atoms in total. The van der Waals surface area contributed by atoms with Crippen LogP contribution in [0.25, 0.3) is 0 Å². The lowest BCUT2D eigenvalue weighted by molar-refractivity contribution is -0.113. The monoisotopic (exact) mass is 167 g/mol. The van der Waals surface area contributed by atoms with Gasteiger partial charge in [0.1, 0.15) is 0 Å². The van der Waals surface area contributed by atoms with E-state index in [2.05, 4.69) is 32.7 Å². The van der Waals surface area contributed by atoms with Crippen LogP contribution in [0, 0.1) is 17.3 Å². The summed E-state index contributed by atoms with van der Waals surface area (Å²) in [5, 5.41) is 0. The fraction of sp³-hybridized carbons (Fsp3) is 1.00. The van der Waals surface area contributed by atoms with Gasteiger partial charge >= 0.3 is 0 Å². The summed E-state index contributed by atoms with van der Waals surface area (Å²) in [4.78, 5) is 2.53. The van der Waals surface area contributed by atoms with Crippen LogP contribution in [0.3, 0.4) is 0 Å². The van der Waals surface area contributed by atoms with Crippen LogP contribution in [-0.2, 0) is 0 Å². The van der Waals surface area contributed by atoms with E-state index in [0.29, 0.717) is 5.41 Å². The van der Waals surface area contributed by atoms with Gasteiger partial charge in [-0.2, -0.15) is 0 Å². The molecule has 0 aromatic rings. The summed E-state index contributed by atoms with van der Waals surface area (Å²) in [6.45, 7) is 8.62. The van der Waals surface area contributed by atoms with Crippen LogP contribution >= 0.6 is 0 Å². The first-order valence-electron chi connectivity index (χ1n) is 5.26. The molecule has 4 atom stereocenters. The van der Waals surface area contributed by atoms with Crippen molar-refractivity contribution < 1.29 is 0 Å². The van der Waals surface area contributed by atoms with Gasteiger partial charge < -0.3 is 4.90 Å². The van der Waals surface area contributed by atoms with Gasteiger partial charge in [-0.15, -0.1) is 0 Å². The number of piperidine rings is 1. The molecule has 0 spiro atoms. The third-order valence-electron chi connectivity index (χ3n) is 4.86. The Labute approximate surface area is 76.1 Å². The van der Waals surface area contributed by atoms with Crippen LogP contribution < -0.4 is 0 Å². The molecule has 1 aliphatic heterocycles. The van der Waals surface area contributed by atoms with Gasteiger partial charge in [0, 0.05) is 6.04 Å². The molecule has 2 fully saturated rings. The van der Waals surface area contributed by atoms with E-state index >= 15 is 0 Å². The molecule has 2 aliphatic rings. The summed E-state index contributed by atoms with van der Waals surface area (Å²) >= 11 is 0. The number of likely N-dealkylation sites (tertiary alicyclic amines) is 1. The highest BCUT2D eigenvalue weighted by molar-refractivity contribution is 5.04. The Morgan fingerprint density at radius 3 is 2.58 bits per heavy atom. The third kappa shape index (κ3) is 0.891. The molecular formula is C11H21N. The maximum atomic E-state index is 2.53. The number of rotatable bonds is 0. The second-order valence-electron chi connectivity index (χ2n) is 5.22. The van der Waals surface area contributed by atoms with Crippen molar-refractivity contribution in [1.29, 1.82) is 0 Å². The van der Waals surface area contributed by atoms with Gasteiger partial charge in [0.15, 0.2) is 0 Å². The number of fused-ring (bicyclic) bond motifs is 1. The van der Waals surface area contributed by atoms with Gasteiger partial charge in [-0.1, -0.05) is 13.8 Å². The van der Waals surface area contributed by atoms with Crippen LogP contribution in [0.15, 0.2) is 0 Å². The van der Waals surface area contributed by atoms with Gasteiger partial charge in [0.2, 0.25) is 0 Å². The van der Waals surface area contributed by atoms with Crippen molar-refractivity contribution in [3.63, 3.8) is 0 Å². The number of nitrogens with zero attached hydrogens (tertiary/aromatic N) is 1. The van der Waals surface area contributed by atoms with Crippen molar-refractivity contribution in [1.82, 2.24) is 4.90 Å². The lowest BCUT2D eigenvalue weighted by Crippen LogP contribution is -2.59. The summed E-state index contributed by atoms with van der Waals surface area (Å²) in [7, 11) is 2.27. The minimum absolute atomic E-state index is 0.686. The first-order valence-corrected chi connectivity index (χ1v) is 5.26. The van der Waals surface area contributed by atoms with Gasteiger partial charge in [-0.3, -0.25) is 0 Å². The van der Waals surface area contributed by atoms with Gasteiger partial charge in [-0.25, -0.2) is 0 Å². The van der Waals surface area contributed by atoms with Crippen molar-refractivity contribution in [3.8, 4) is 0 Å². The quantitative estimate of drug-likeness (QED) is 0.535. The molecule has 1 saturated heterocycles. The fourth-order valence-electron chi connectivity index (χ4n) is 3.23. The Balaban J connectivity index is 2.13. The molecule has 1 heteroatoms. The largest absolute Gasteiger partial charge is 0.303 e. The van der Waals surface area contributed by atoms with Crippen molar-refractivity contribution in [2.45, 2.75) is 39.7 Å². The van der Waals surface area contributed by atoms with Crippen molar-refractivity contribution in [3.05, 3.63) is 0 Å². The Morgan fingerprint density at radius 1 is 1.33 bits per heavy atom. The lowest BCUT2D eigenvalue weighted by Gasteiger charge is -2.61. The molecule has 4 unspecified atom stereocenters. The van der Waals surface area contributed by atoms with E-state index < -0.39 is 0 Å². The molecule has 1 aliphatic carbocycles. The first-order chi connectivity index (χ1) is 5.55.